The molecule has 118 valence electrons. The Kier molecular flexibility index (Phi) is 6.08. The third kappa shape index (κ3) is 4.46. The lowest BCUT2D eigenvalue weighted by Gasteiger charge is -2.21. The molecule has 0 bridgehead atoms. The molecule has 1 aromatic carbocycles. The summed E-state index contributed by atoms with van der Waals surface area (Å²) in [5.41, 5.74) is 1.45. The molecule has 1 aliphatic rings. The van der Waals surface area contributed by atoms with Gasteiger partial charge in [-0.2, -0.15) is 0 Å². The summed E-state index contributed by atoms with van der Waals surface area (Å²) in [6, 6.07) is 3.25. The van der Waals surface area contributed by atoms with E-state index in [2.05, 4.69) is 0 Å². The SMILES string of the molecule is CC(C)c1cc(F)c(C2CCCCCCCCC2)cc1O. The topological polar surface area (TPSA) is 20.2 Å². The lowest BCUT2D eigenvalue weighted by molar-refractivity contribution is 0.437. The molecule has 0 unspecified atom stereocenters. The van der Waals surface area contributed by atoms with Gasteiger partial charge in [-0.1, -0.05) is 58.8 Å². The van der Waals surface area contributed by atoms with Crippen molar-refractivity contribution in [2.45, 2.75) is 83.5 Å². The highest BCUT2D eigenvalue weighted by Gasteiger charge is 2.19. The molecular formula is C19H29FO. The van der Waals surface area contributed by atoms with Gasteiger partial charge in [0.05, 0.1) is 0 Å². The Bertz CT molecular complexity index is 443. The van der Waals surface area contributed by atoms with Gasteiger partial charge in [-0.05, 0) is 47.9 Å². The highest BCUT2D eigenvalue weighted by molar-refractivity contribution is 5.40. The normalized spacial score (nSPS) is 18.9. The Balaban J connectivity index is 2.19. The summed E-state index contributed by atoms with van der Waals surface area (Å²) in [6.07, 6.45) is 11.0. The monoisotopic (exact) mass is 292 g/mol. The first-order valence-corrected chi connectivity index (χ1v) is 8.62. The lowest BCUT2D eigenvalue weighted by atomic mass is 9.85. The third-order valence-electron chi connectivity index (χ3n) is 4.81. The number of aromatic hydroxyl groups is 1. The first-order valence-electron chi connectivity index (χ1n) is 8.62. The molecule has 1 aromatic rings. The standard InChI is InChI=1S/C19H29FO/c1-14(2)16-12-18(20)17(13-19(16)21)15-10-8-6-4-3-5-7-9-11-15/h12-15,21H,3-11H2,1-2H3. The maximum absolute atomic E-state index is 14.5. The average Bonchev–Trinajstić information content (AvgIpc) is 2.46. The fourth-order valence-electron chi connectivity index (χ4n) is 3.49. The quantitative estimate of drug-likeness (QED) is 0.681. The van der Waals surface area contributed by atoms with Crippen LogP contribution < -0.4 is 0 Å². The van der Waals surface area contributed by atoms with Crippen molar-refractivity contribution < 1.29 is 9.50 Å². The van der Waals surface area contributed by atoms with E-state index in [0.29, 0.717) is 0 Å². The van der Waals surface area contributed by atoms with Crippen molar-refractivity contribution in [3.8, 4) is 5.75 Å². The van der Waals surface area contributed by atoms with Crippen molar-refractivity contribution in [2.75, 3.05) is 0 Å². The van der Waals surface area contributed by atoms with Crippen molar-refractivity contribution in [3.63, 3.8) is 0 Å². The first-order chi connectivity index (χ1) is 10.1. The molecule has 0 saturated heterocycles. The van der Waals surface area contributed by atoms with Gasteiger partial charge in [0, 0.05) is 0 Å². The number of rotatable bonds is 2. The van der Waals surface area contributed by atoms with Crippen molar-refractivity contribution in [1.82, 2.24) is 0 Å². The first kappa shape index (κ1) is 16.3. The van der Waals surface area contributed by atoms with E-state index in [1.54, 1.807) is 12.1 Å². The highest BCUT2D eigenvalue weighted by atomic mass is 19.1. The molecule has 0 atom stereocenters. The molecule has 0 radical (unpaired) electrons. The summed E-state index contributed by atoms with van der Waals surface area (Å²) >= 11 is 0. The van der Waals surface area contributed by atoms with Gasteiger partial charge in [-0.25, -0.2) is 4.39 Å². The Hall–Kier alpha value is -1.05. The highest BCUT2D eigenvalue weighted by Crippen LogP contribution is 2.36. The second kappa shape index (κ2) is 7.82. The average molecular weight is 292 g/mol. The Morgan fingerprint density at radius 2 is 1.48 bits per heavy atom. The smallest absolute Gasteiger partial charge is 0.127 e. The molecule has 0 amide bonds. The van der Waals surface area contributed by atoms with E-state index in [-0.39, 0.29) is 23.4 Å². The van der Waals surface area contributed by atoms with Crippen LogP contribution >= 0.6 is 0 Å². The number of halogens is 1. The van der Waals surface area contributed by atoms with E-state index in [0.717, 1.165) is 24.0 Å². The summed E-state index contributed by atoms with van der Waals surface area (Å²) in [5.74, 6) is 0.560. The van der Waals surface area contributed by atoms with Crippen LogP contribution in [0.25, 0.3) is 0 Å². The van der Waals surface area contributed by atoms with E-state index in [4.69, 9.17) is 0 Å². The Morgan fingerprint density at radius 3 is 2.00 bits per heavy atom. The Labute approximate surface area is 128 Å². The van der Waals surface area contributed by atoms with Crippen LogP contribution in [0.1, 0.15) is 94.6 Å². The predicted octanol–water partition coefficient (Wildman–Crippen LogP) is 6.26. The van der Waals surface area contributed by atoms with E-state index < -0.39 is 0 Å². The van der Waals surface area contributed by atoms with Gasteiger partial charge >= 0.3 is 0 Å². The summed E-state index contributed by atoms with van der Waals surface area (Å²) in [7, 11) is 0. The van der Waals surface area contributed by atoms with Gasteiger partial charge < -0.3 is 5.11 Å². The van der Waals surface area contributed by atoms with Crippen molar-refractivity contribution >= 4 is 0 Å². The fraction of sp³-hybridized carbons (Fsp3) is 0.684. The van der Waals surface area contributed by atoms with Gasteiger partial charge in [0.1, 0.15) is 11.6 Å². The predicted molar refractivity (Wildman–Crippen MR) is 86.4 cm³/mol. The zero-order valence-corrected chi connectivity index (χ0v) is 13.5. The van der Waals surface area contributed by atoms with Crippen LogP contribution in [0.5, 0.6) is 5.75 Å². The van der Waals surface area contributed by atoms with Crippen LogP contribution in [0.4, 0.5) is 4.39 Å². The fourth-order valence-corrected chi connectivity index (χ4v) is 3.49. The van der Waals surface area contributed by atoms with Crippen molar-refractivity contribution in [3.05, 3.63) is 29.1 Å². The third-order valence-corrected chi connectivity index (χ3v) is 4.81. The zero-order valence-electron chi connectivity index (χ0n) is 13.5. The van der Waals surface area contributed by atoms with Gasteiger partial charge in [0.25, 0.3) is 0 Å². The minimum atomic E-state index is -0.126. The Morgan fingerprint density at radius 1 is 0.952 bits per heavy atom. The van der Waals surface area contributed by atoms with Gasteiger partial charge in [-0.3, -0.25) is 0 Å². The molecule has 0 aliphatic heterocycles. The molecule has 0 aromatic heterocycles. The molecular weight excluding hydrogens is 263 g/mol. The molecule has 1 saturated carbocycles. The van der Waals surface area contributed by atoms with Crippen LogP contribution in [-0.2, 0) is 0 Å². The number of hydrogen-bond acceptors (Lipinski definition) is 1. The minimum absolute atomic E-state index is 0.126. The number of phenols is 1. The zero-order chi connectivity index (χ0) is 15.2. The molecule has 1 fully saturated rings. The van der Waals surface area contributed by atoms with Gasteiger partial charge in [-0.15, -0.1) is 0 Å². The van der Waals surface area contributed by atoms with Crippen LogP contribution in [0.3, 0.4) is 0 Å². The number of hydrogen-bond donors (Lipinski definition) is 1. The van der Waals surface area contributed by atoms with Crippen LogP contribution in [-0.4, -0.2) is 5.11 Å². The molecule has 0 spiro atoms. The van der Waals surface area contributed by atoms with Crippen LogP contribution in [0.15, 0.2) is 12.1 Å². The molecule has 2 heteroatoms. The molecule has 1 nitrogen and oxygen atoms in total. The molecule has 1 aliphatic carbocycles. The summed E-state index contributed by atoms with van der Waals surface area (Å²) in [6.45, 7) is 3.97. The molecule has 0 heterocycles. The minimum Gasteiger partial charge on any atom is -0.508 e. The largest absolute Gasteiger partial charge is 0.508 e. The lowest BCUT2D eigenvalue weighted by Crippen LogP contribution is -2.05. The van der Waals surface area contributed by atoms with Gasteiger partial charge in [0.15, 0.2) is 0 Å². The van der Waals surface area contributed by atoms with Crippen LogP contribution in [0.2, 0.25) is 0 Å². The molecule has 2 rings (SSSR count). The maximum atomic E-state index is 14.5. The van der Waals surface area contributed by atoms with E-state index in [1.165, 1.54) is 44.9 Å². The summed E-state index contributed by atoms with van der Waals surface area (Å²) in [5, 5.41) is 10.2. The number of phenolic OH excluding ortho intramolecular Hbond substituents is 1. The van der Waals surface area contributed by atoms with E-state index in [9.17, 15) is 9.50 Å². The summed E-state index contributed by atoms with van der Waals surface area (Å²) in [4.78, 5) is 0. The number of benzene rings is 1. The van der Waals surface area contributed by atoms with Crippen molar-refractivity contribution in [1.29, 1.82) is 0 Å². The summed E-state index contributed by atoms with van der Waals surface area (Å²) < 4.78 is 14.5. The molecule has 21 heavy (non-hydrogen) atoms. The van der Waals surface area contributed by atoms with Crippen molar-refractivity contribution in [2.24, 2.45) is 0 Å². The van der Waals surface area contributed by atoms with Crippen LogP contribution in [0, 0.1) is 5.82 Å². The van der Waals surface area contributed by atoms with E-state index in [1.807, 2.05) is 13.8 Å². The second-order valence-electron chi connectivity index (χ2n) is 6.84. The van der Waals surface area contributed by atoms with E-state index >= 15 is 0 Å². The molecule has 1 N–H and O–H groups in total. The maximum Gasteiger partial charge on any atom is 0.127 e. The second-order valence-corrected chi connectivity index (χ2v) is 6.84. The van der Waals surface area contributed by atoms with Gasteiger partial charge in [0.2, 0.25) is 0 Å².